The topological polar surface area (TPSA) is 91.4 Å². The third-order valence-corrected chi connectivity index (χ3v) is 4.57. The number of hydrogen-bond acceptors (Lipinski definition) is 7. The fraction of sp³-hybridized carbons (Fsp3) is 0.286. The SMILES string of the molecule is CCOC(=O)c1ccc(CN2C(=O)C(=O)c3c2cc(OC)c(OC)c3OC)cc1. The second kappa shape index (κ2) is 8.22. The van der Waals surface area contributed by atoms with Crippen molar-refractivity contribution in [1.82, 2.24) is 0 Å². The number of Topliss-reactive ketones (excluding diaryl/α,β-unsaturated/α-hetero) is 1. The molecule has 0 bridgehead atoms. The molecule has 8 heteroatoms. The summed E-state index contributed by atoms with van der Waals surface area (Å²) < 4.78 is 20.9. The summed E-state index contributed by atoms with van der Waals surface area (Å²) in [6, 6.07) is 8.23. The predicted octanol–water partition coefficient (Wildman–Crippen LogP) is 2.62. The minimum absolute atomic E-state index is 0.137. The van der Waals surface area contributed by atoms with Crippen molar-refractivity contribution in [3.63, 3.8) is 0 Å². The van der Waals surface area contributed by atoms with Gasteiger partial charge in [-0.3, -0.25) is 9.59 Å². The third-order valence-electron chi connectivity index (χ3n) is 4.57. The molecule has 0 aliphatic carbocycles. The number of anilines is 1. The lowest BCUT2D eigenvalue weighted by molar-refractivity contribution is -0.114. The minimum Gasteiger partial charge on any atom is -0.493 e. The van der Waals surface area contributed by atoms with Crippen LogP contribution in [0.15, 0.2) is 30.3 Å². The molecule has 0 unspecified atom stereocenters. The number of ketones is 1. The Labute approximate surface area is 167 Å². The lowest BCUT2D eigenvalue weighted by Gasteiger charge is -2.19. The van der Waals surface area contributed by atoms with Crippen molar-refractivity contribution in [3.8, 4) is 17.2 Å². The largest absolute Gasteiger partial charge is 0.493 e. The van der Waals surface area contributed by atoms with Crippen LogP contribution >= 0.6 is 0 Å². The summed E-state index contributed by atoms with van der Waals surface area (Å²) in [6.07, 6.45) is 0. The number of methoxy groups -OCH3 is 3. The number of hydrogen-bond donors (Lipinski definition) is 0. The van der Waals surface area contributed by atoms with E-state index in [-0.39, 0.29) is 30.2 Å². The molecule has 152 valence electrons. The fourth-order valence-electron chi connectivity index (χ4n) is 3.21. The zero-order valence-electron chi connectivity index (χ0n) is 16.6. The van der Waals surface area contributed by atoms with Crippen molar-refractivity contribution >= 4 is 23.3 Å². The first-order valence-electron chi connectivity index (χ1n) is 8.92. The second-order valence-corrected chi connectivity index (χ2v) is 6.18. The predicted molar refractivity (Wildman–Crippen MR) is 104 cm³/mol. The zero-order chi connectivity index (χ0) is 21.1. The Bertz CT molecular complexity index is 966. The van der Waals surface area contributed by atoms with Gasteiger partial charge in [-0.05, 0) is 24.6 Å². The van der Waals surface area contributed by atoms with E-state index in [1.165, 1.54) is 26.2 Å². The normalized spacial score (nSPS) is 12.6. The van der Waals surface area contributed by atoms with Gasteiger partial charge in [-0.25, -0.2) is 4.79 Å². The molecule has 0 N–H and O–H groups in total. The van der Waals surface area contributed by atoms with E-state index >= 15 is 0 Å². The Morgan fingerprint density at radius 2 is 1.62 bits per heavy atom. The fourth-order valence-corrected chi connectivity index (χ4v) is 3.21. The number of amides is 1. The lowest BCUT2D eigenvalue weighted by atomic mass is 10.1. The molecule has 0 radical (unpaired) electrons. The summed E-state index contributed by atoms with van der Waals surface area (Å²) in [5.74, 6) is -1.04. The molecule has 1 heterocycles. The summed E-state index contributed by atoms with van der Waals surface area (Å²) in [6.45, 7) is 2.16. The van der Waals surface area contributed by atoms with Gasteiger partial charge >= 0.3 is 5.97 Å². The Hall–Kier alpha value is -3.55. The first kappa shape index (κ1) is 20.2. The highest BCUT2D eigenvalue weighted by molar-refractivity contribution is 6.53. The highest BCUT2D eigenvalue weighted by Gasteiger charge is 2.41. The highest BCUT2D eigenvalue weighted by atomic mass is 16.5. The van der Waals surface area contributed by atoms with Crippen molar-refractivity contribution in [2.24, 2.45) is 0 Å². The quantitative estimate of drug-likeness (QED) is 0.522. The number of ether oxygens (including phenoxy) is 4. The maximum Gasteiger partial charge on any atom is 0.338 e. The van der Waals surface area contributed by atoms with Crippen LogP contribution in [0.4, 0.5) is 5.69 Å². The number of fused-ring (bicyclic) bond motifs is 1. The van der Waals surface area contributed by atoms with Crippen LogP contribution in [0.3, 0.4) is 0 Å². The molecule has 0 saturated heterocycles. The molecule has 1 aliphatic rings. The van der Waals surface area contributed by atoms with Gasteiger partial charge in [0.05, 0.1) is 51.3 Å². The van der Waals surface area contributed by atoms with Crippen LogP contribution in [0.25, 0.3) is 0 Å². The van der Waals surface area contributed by atoms with E-state index in [9.17, 15) is 14.4 Å². The van der Waals surface area contributed by atoms with Gasteiger partial charge < -0.3 is 23.8 Å². The van der Waals surface area contributed by atoms with Crippen molar-refractivity contribution < 1.29 is 33.3 Å². The van der Waals surface area contributed by atoms with Crippen LogP contribution < -0.4 is 19.1 Å². The molecule has 8 nitrogen and oxygen atoms in total. The van der Waals surface area contributed by atoms with Crippen molar-refractivity contribution in [2.75, 3.05) is 32.8 Å². The van der Waals surface area contributed by atoms with Crippen LogP contribution in [0.1, 0.15) is 33.2 Å². The standard InChI is InChI=1S/C21H21NO7/c1-5-29-21(25)13-8-6-12(7-9-13)11-22-14-10-15(26-2)18(27-3)19(28-4)16(14)17(23)20(22)24/h6-10H,5,11H2,1-4H3. The monoisotopic (exact) mass is 399 g/mol. The maximum absolute atomic E-state index is 12.7. The average Bonchev–Trinajstić information content (AvgIpc) is 2.97. The zero-order valence-corrected chi connectivity index (χ0v) is 16.6. The van der Waals surface area contributed by atoms with E-state index in [4.69, 9.17) is 18.9 Å². The number of rotatable bonds is 7. The molecule has 29 heavy (non-hydrogen) atoms. The Morgan fingerprint density at radius 1 is 0.966 bits per heavy atom. The average molecular weight is 399 g/mol. The van der Waals surface area contributed by atoms with Gasteiger partial charge in [0, 0.05) is 6.07 Å². The number of esters is 1. The second-order valence-electron chi connectivity index (χ2n) is 6.18. The molecule has 3 rings (SSSR count). The number of nitrogens with zero attached hydrogens (tertiary/aromatic N) is 1. The molecular formula is C21H21NO7. The van der Waals surface area contributed by atoms with Crippen LogP contribution in [0, 0.1) is 0 Å². The molecule has 0 atom stereocenters. The Kier molecular flexibility index (Phi) is 5.72. The Balaban J connectivity index is 1.98. The van der Waals surface area contributed by atoms with Gasteiger partial charge in [-0.2, -0.15) is 0 Å². The number of benzene rings is 2. The molecule has 0 spiro atoms. The van der Waals surface area contributed by atoms with Gasteiger partial charge in [0.2, 0.25) is 5.75 Å². The van der Waals surface area contributed by atoms with Crippen molar-refractivity contribution in [2.45, 2.75) is 13.5 Å². The van der Waals surface area contributed by atoms with Crippen LogP contribution in [0.2, 0.25) is 0 Å². The molecule has 0 fully saturated rings. The molecule has 0 aromatic heterocycles. The summed E-state index contributed by atoms with van der Waals surface area (Å²) in [5, 5.41) is 0. The summed E-state index contributed by atoms with van der Waals surface area (Å²) in [4.78, 5) is 38.4. The van der Waals surface area contributed by atoms with Crippen molar-refractivity contribution in [1.29, 1.82) is 0 Å². The van der Waals surface area contributed by atoms with Gasteiger partial charge in [0.1, 0.15) is 0 Å². The molecule has 0 saturated carbocycles. The van der Waals surface area contributed by atoms with E-state index < -0.39 is 17.7 Å². The van der Waals surface area contributed by atoms with Gasteiger partial charge in [-0.1, -0.05) is 12.1 Å². The van der Waals surface area contributed by atoms with Crippen molar-refractivity contribution in [3.05, 3.63) is 47.0 Å². The van der Waals surface area contributed by atoms with E-state index in [1.54, 1.807) is 37.3 Å². The number of carbonyl (C=O) groups excluding carboxylic acids is 3. The molecular weight excluding hydrogens is 378 g/mol. The van der Waals surface area contributed by atoms with E-state index in [0.29, 0.717) is 17.0 Å². The summed E-state index contributed by atoms with van der Waals surface area (Å²) in [7, 11) is 4.28. The third kappa shape index (κ3) is 3.49. The van der Waals surface area contributed by atoms with Gasteiger partial charge in [0.15, 0.2) is 11.5 Å². The Morgan fingerprint density at radius 3 is 2.17 bits per heavy atom. The highest BCUT2D eigenvalue weighted by Crippen LogP contribution is 2.48. The van der Waals surface area contributed by atoms with Gasteiger partial charge in [0.25, 0.3) is 11.7 Å². The first-order valence-corrected chi connectivity index (χ1v) is 8.92. The minimum atomic E-state index is -0.680. The van der Waals surface area contributed by atoms with Crippen LogP contribution in [-0.4, -0.2) is 45.6 Å². The first-order chi connectivity index (χ1) is 14.0. The van der Waals surface area contributed by atoms with Gasteiger partial charge in [-0.15, -0.1) is 0 Å². The van der Waals surface area contributed by atoms with E-state index in [0.717, 1.165) is 5.56 Å². The molecule has 2 aromatic carbocycles. The lowest BCUT2D eigenvalue weighted by Crippen LogP contribution is -2.29. The summed E-state index contributed by atoms with van der Waals surface area (Å²) in [5.41, 5.74) is 1.66. The molecule has 1 aliphatic heterocycles. The van der Waals surface area contributed by atoms with E-state index in [1.807, 2.05) is 0 Å². The summed E-state index contributed by atoms with van der Waals surface area (Å²) >= 11 is 0. The van der Waals surface area contributed by atoms with Crippen LogP contribution in [-0.2, 0) is 16.1 Å². The molecule has 1 amide bonds. The molecule has 2 aromatic rings. The maximum atomic E-state index is 12.7. The van der Waals surface area contributed by atoms with E-state index in [2.05, 4.69) is 0 Å². The number of carbonyl (C=O) groups is 3. The smallest absolute Gasteiger partial charge is 0.338 e. The van der Waals surface area contributed by atoms with Crippen LogP contribution in [0.5, 0.6) is 17.2 Å².